The number of aromatic nitrogens is 1. The molecular weight excluding hydrogens is 280 g/mol. The van der Waals surface area contributed by atoms with Gasteiger partial charge in [0.1, 0.15) is 0 Å². The van der Waals surface area contributed by atoms with E-state index in [1.54, 1.807) is 48.8 Å². The van der Waals surface area contributed by atoms with E-state index in [2.05, 4.69) is 11.6 Å². The predicted octanol–water partition coefficient (Wildman–Crippen LogP) is 1.87. The van der Waals surface area contributed by atoms with Crippen LogP contribution < -0.4 is 0 Å². The second-order valence-corrected chi connectivity index (χ2v) is 4.77. The van der Waals surface area contributed by atoms with Crippen molar-refractivity contribution in [2.24, 2.45) is 0 Å². The molecule has 2 N–H and O–H groups in total. The second kappa shape index (κ2) is 7.38. The minimum Gasteiger partial charge on any atom is -0.395 e. The first-order valence-corrected chi connectivity index (χ1v) is 6.96. The zero-order chi connectivity index (χ0) is 15.9. The standard InChI is InChI=1S/C17H18N2O3/c1-2-9-19(10-11-20)17(22)14-5-3-13(4-6-14)16(21)15-7-8-18-12-15/h2-8,12,18,20H,1,9-11H2. The summed E-state index contributed by atoms with van der Waals surface area (Å²) < 4.78 is 0. The van der Waals surface area contributed by atoms with Crippen molar-refractivity contribution in [2.45, 2.75) is 0 Å². The zero-order valence-electron chi connectivity index (χ0n) is 12.2. The van der Waals surface area contributed by atoms with Crippen molar-refractivity contribution in [1.82, 2.24) is 9.88 Å². The number of amides is 1. The number of hydrogen-bond donors (Lipinski definition) is 2. The Morgan fingerprint density at radius 3 is 2.36 bits per heavy atom. The highest BCUT2D eigenvalue weighted by Gasteiger charge is 2.15. The monoisotopic (exact) mass is 298 g/mol. The molecule has 5 heteroatoms. The van der Waals surface area contributed by atoms with Gasteiger partial charge in [0.25, 0.3) is 5.91 Å². The molecule has 2 aromatic rings. The van der Waals surface area contributed by atoms with Gasteiger partial charge in [-0.1, -0.05) is 18.2 Å². The number of carbonyl (C=O) groups is 2. The summed E-state index contributed by atoms with van der Waals surface area (Å²) in [7, 11) is 0. The van der Waals surface area contributed by atoms with Gasteiger partial charge >= 0.3 is 0 Å². The summed E-state index contributed by atoms with van der Waals surface area (Å²) in [6.45, 7) is 4.10. The number of aliphatic hydroxyl groups excluding tert-OH is 1. The molecular formula is C17H18N2O3. The molecule has 0 atom stereocenters. The predicted molar refractivity (Wildman–Crippen MR) is 83.9 cm³/mol. The largest absolute Gasteiger partial charge is 0.395 e. The van der Waals surface area contributed by atoms with Crippen LogP contribution in [-0.2, 0) is 0 Å². The molecule has 1 amide bonds. The van der Waals surface area contributed by atoms with E-state index in [0.717, 1.165) is 0 Å². The normalized spacial score (nSPS) is 10.2. The van der Waals surface area contributed by atoms with Crippen molar-refractivity contribution >= 4 is 11.7 Å². The van der Waals surface area contributed by atoms with E-state index < -0.39 is 0 Å². The molecule has 0 bridgehead atoms. The van der Waals surface area contributed by atoms with Gasteiger partial charge in [-0.05, 0) is 18.2 Å². The highest BCUT2D eigenvalue weighted by molar-refractivity contribution is 6.09. The van der Waals surface area contributed by atoms with Crippen molar-refractivity contribution in [2.75, 3.05) is 19.7 Å². The van der Waals surface area contributed by atoms with Gasteiger partial charge in [0.2, 0.25) is 0 Å². The number of rotatable bonds is 7. The fourth-order valence-corrected chi connectivity index (χ4v) is 2.13. The molecule has 0 aliphatic carbocycles. The smallest absolute Gasteiger partial charge is 0.254 e. The Labute approximate surface area is 128 Å². The van der Waals surface area contributed by atoms with Gasteiger partial charge in [0.05, 0.1) is 6.61 Å². The molecule has 0 aliphatic rings. The fourth-order valence-electron chi connectivity index (χ4n) is 2.13. The van der Waals surface area contributed by atoms with Gasteiger partial charge in [-0.2, -0.15) is 0 Å². The van der Waals surface area contributed by atoms with E-state index in [1.165, 1.54) is 4.90 Å². The summed E-state index contributed by atoms with van der Waals surface area (Å²) in [4.78, 5) is 28.8. The lowest BCUT2D eigenvalue weighted by Gasteiger charge is -2.20. The molecule has 22 heavy (non-hydrogen) atoms. The number of H-pyrrole nitrogens is 1. The molecule has 2 rings (SSSR count). The van der Waals surface area contributed by atoms with Crippen LogP contribution in [0.15, 0.2) is 55.4 Å². The van der Waals surface area contributed by atoms with Crippen LogP contribution in [0.25, 0.3) is 0 Å². The lowest BCUT2D eigenvalue weighted by atomic mass is 10.0. The van der Waals surface area contributed by atoms with Crippen LogP contribution in [0.5, 0.6) is 0 Å². The number of nitrogens with zero attached hydrogens (tertiary/aromatic N) is 1. The average molecular weight is 298 g/mol. The van der Waals surface area contributed by atoms with Crippen LogP contribution in [0.4, 0.5) is 0 Å². The third-order valence-electron chi connectivity index (χ3n) is 3.26. The first kappa shape index (κ1) is 15.7. The van der Waals surface area contributed by atoms with Crippen LogP contribution >= 0.6 is 0 Å². The van der Waals surface area contributed by atoms with Crippen LogP contribution in [0.3, 0.4) is 0 Å². The van der Waals surface area contributed by atoms with Gasteiger partial charge in [0, 0.05) is 42.2 Å². The molecule has 0 aliphatic heterocycles. The third-order valence-corrected chi connectivity index (χ3v) is 3.26. The summed E-state index contributed by atoms with van der Waals surface area (Å²) >= 11 is 0. The Hall–Kier alpha value is -2.66. The summed E-state index contributed by atoms with van der Waals surface area (Å²) in [5, 5.41) is 9.01. The van der Waals surface area contributed by atoms with Crippen molar-refractivity contribution in [3.05, 3.63) is 72.1 Å². The fraction of sp³-hybridized carbons (Fsp3) is 0.176. The minimum absolute atomic E-state index is 0.0986. The van der Waals surface area contributed by atoms with E-state index in [4.69, 9.17) is 5.11 Å². The van der Waals surface area contributed by atoms with Crippen LogP contribution in [0.1, 0.15) is 26.3 Å². The summed E-state index contributed by atoms with van der Waals surface area (Å²) in [5.41, 5.74) is 1.57. The van der Waals surface area contributed by atoms with E-state index in [-0.39, 0.29) is 24.8 Å². The third kappa shape index (κ3) is 3.51. The van der Waals surface area contributed by atoms with Crippen LogP contribution in [0.2, 0.25) is 0 Å². The first-order valence-electron chi connectivity index (χ1n) is 6.96. The van der Waals surface area contributed by atoms with Crippen LogP contribution in [0, 0.1) is 0 Å². The number of carbonyl (C=O) groups excluding carboxylic acids is 2. The maximum Gasteiger partial charge on any atom is 0.254 e. The molecule has 1 aromatic heterocycles. The van der Waals surface area contributed by atoms with E-state index in [9.17, 15) is 9.59 Å². The highest BCUT2D eigenvalue weighted by Crippen LogP contribution is 2.12. The van der Waals surface area contributed by atoms with E-state index >= 15 is 0 Å². The zero-order valence-corrected chi connectivity index (χ0v) is 12.2. The van der Waals surface area contributed by atoms with Crippen molar-refractivity contribution in [1.29, 1.82) is 0 Å². The maximum atomic E-state index is 12.3. The number of nitrogens with one attached hydrogen (secondary N) is 1. The molecule has 0 radical (unpaired) electrons. The highest BCUT2D eigenvalue weighted by atomic mass is 16.3. The van der Waals surface area contributed by atoms with Crippen molar-refractivity contribution in [3.63, 3.8) is 0 Å². The lowest BCUT2D eigenvalue weighted by molar-refractivity contribution is 0.0742. The number of ketones is 1. The maximum absolute atomic E-state index is 12.3. The second-order valence-electron chi connectivity index (χ2n) is 4.77. The summed E-state index contributed by atoms with van der Waals surface area (Å²) in [5.74, 6) is -0.298. The topological polar surface area (TPSA) is 73.4 Å². The quantitative estimate of drug-likeness (QED) is 0.605. The first-order chi connectivity index (χ1) is 10.7. The SMILES string of the molecule is C=CCN(CCO)C(=O)c1ccc(C(=O)c2cc[nH]c2)cc1. The number of hydrogen-bond acceptors (Lipinski definition) is 3. The Morgan fingerprint density at radius 1 is 1.14 bits per heavy atom. The summed E-state index contributed by atoms with van der Waals surface area (Å²) in [6, 6.07) is 8.21. The Morgan fingerprint density at radius 2 is 1.82 bits per heavy atom. The number of aliphatic hydroxyl groups is 1. The summed E-state index contributed by atoms with van der Waals surface area (Å²) in [6.07, 6.45) is 4.93. The number of aromatic amines is 1. The van der Waals surface area contributed by atoms with Gasteiger partial charge in [0.15, 0.2) is 5.78 Å². The van der Waals surface area contributed by atoms with Gasteiger partial charge in [-0.25, -0.2) is 0 Å². The molecule has 0 fully saturated rings. The Kier molecular flexibility index (Phi) is 5.27. The molecule has 0 saturated heterocycles. The molecule has 114 valence electrons. The minimum atomic E-state index is -0.199. The average Bonchev–Trinajstić information content (AvgIpc) is 3.08. The van der Waals surface area contributed by atoms with Gasteiger partial charge < -0.3 is 15.0 Å². The Bertz CT molecular complexity index is 645. The molecule has 0 saturated carbocycles. The Balaban J connectivity index is 2.15. The molecule has 1 heterocycles. The van der Waals surface area contributed by atoms with Gasteiger partial charge in [-0.15, -0.1) is 6.58 Å². The lowest BCUT2D eigenvalue weighted by Crippen LogP contribution is -2.33. The molecule has 0 unspecified atom stereocenters. The van der Waals surface area contributed by atoms with Crippen molar-refractivity contribution in [3.8, 4) is 0 Å². The molecule has 0 spiro atoms. The molecule has 5 nitrogen and oxygen atoms in total. The van der Waals surface area contributed by atoms with Crippen LogP contribution in [-0.4, -0.2) is 46.4 Å². The number of benzene rings is 1. The van der Waals surface area contributed by atoms with E-state index in [0.29, 0.717) is 23.2 Å². The van der Waals surface area contributed by atoms with E-state index in [1.807, 2.05) is 0 Å². The van der Waals surface area contributed by atoms with Gasteiger partial charge in [-0.3, -0.25) is 9.59 Å². The molecule has 1 aromatic carbocycles. The van der Waals surface area contributed by atoms with Crippen molar-refractivity contribution < 1.29 is 14.7 Å².